The Kier molecular flexibility index (Phi) is 4.47. The van der Waals surface area contributed by atoms with E-state index in [0.29, 0.717) is 22.9 Å². The first kappa shape index (κ1) is 12.7. The van der Waals surface area contributed by atoms with Crippen LogP contribution in [0.1, 0.15) is 23.7 Å². The maximum Gasteiger partial charge on any atom is 0.337 e. The predicted octanol–water partition coefficient (Wildman–Crippen LogP) is 2.02. The van der Waals surface area contributed by atoms with Gasteiger partial charge in [0, 0.05) is 16.5 Å². The quantitative estimate of drug-likeness (QED) is 0.886. The summed E-state index contributed by atoms with van der Waals surface area (Å²) in [6.07, 6.45) is -0.635. The molecule has 0 aliphatic heterocycles. The molecule has 2 N–H and O–H groups in total. The molecule has 1 aromatic rings. The number of nitrogens with zero attached hydrogens (tertiary/aromatic N) is 1. The van der Waals surface area contributed by atoms with Gasteiger partial charge in [-0.1, -0.05) is 28.1 Å². The van der Waals surface area contributed by atoms with E-state index < -0.39 is 12.1 Å². The summed E-state index contributed by atoms with van der Waals surface area (Å²) in [5, 5.41) is 26.6. The number of aryl methyl sites for hydroxylation is 1. The zero-order valence-corrected chi connectivity index (χ0v) is 9.94. The lowest BCUT2D eigenvalue weighted by molar-refractivity contribution is -0.147. The molecule has 0 heterocycles. The normalized spacial score (nSPS) is 11.8. The summed E-state index contributed by atoms with van der Waals surface area (Å²) in [6, 6.07) is 7.08. The largest absolute Gasteiger partial charge is 0.479 e. The molecule has 1 unspecified atom stereocenters. The van der Waals surface area contributed by atoms with Gasteiger partial charge in [0.05, 0.1) is 6.07 Å². The lowest BCUT2D eigenvalue weighted by Crippen LogP contribution is -2.11. The number of aliphatic carboxylic acids is 1. The van der Waals surface area contributed by atoms with Crippen LogP contribution in [0.3, 0.4) is 0 Å². The highest BCUT2D eigenvalue weighted by Crippen LogP contribution is 2.25. The van der Waals surface area contributed by atoms with Crippen LogP contribution in [-0.4, -0.2) is 16.2 Å². The molecule has 5 heteroatoms. The van der Waals surface area contributed by atoms with Crippen molar-refractivity contribution in [1.82, 2.24) is 0 Å². The molecule has 0 bridgehead atoms. The van der Waals surface area contributed by atoms with E-state index in [1.807, 2.05) is 6.07 Å². The van der Waals surface area contributed by atoms with Crippen molar-refractivity contribution in [2.45, 2.75) is 18.9 Å². The summed E-state index contributed by atoms with van der Waals surface area (Å²) in [5.41, 5.74) is 1.14. The van der Waals surface area contributed by atoms with Gasteiger partial charge < -0.3 is 10.2 Å². The zero-order chi connectivity index (χ0) is 12.1. The van der Waals surface area contributed by atoms with Crippen molar-refractivity contribution in [1.29, 1.82) is 5.26 Å². The Labute approximate surface area is 101 Å². The molecular formula is C11H10BrNO3. The first-order valence-corrected chi connectivity index (χ1v) is 5.41. The number of halogens is 1. The van der Waals surface area contributed by atoms with Gasteiger partial charge in [-0.3, -0.25) is 0 Å². The average molecular weight is 284 g/mol. The summed E-state index contributed by atoms with van der Waals surface area (Å²) in [4.78, 5) is 10.7. The van der Waals surface area contributed by atoms with Gasteiger partial charge in [0.15, 0.2) is 6.10 Å². The van der Waals surface area contributed by atoms with Crippen LogP contribution >= 0.6 is 15.9 Å². The fourth-order valence-electron chi connectivity index (χ4n) is 1.29. The number of nitriles is 1. The number of hydrogen-bond donors (Lipinski definition) is 2. The van der Waals surface area contributed by atoms with Crippen LogP contribution in [-0.2, 0) is 11.2 Å². The number of carbonyl (C=O) groups is 1. The van der Waals surface area contributed by atoms with Gasteiger partial charge in [0.1, 0.15) is 0 Å². The van der Waals surface area contributed by atoms with Crippen molar-refractivity contribution in [2.24, 2.45) is 0 Å². The monoisotopic (exact) mass is 283 g/mol. The van der Waals surface area contributed by atoms with Gasteiger partial charge in [-0.05, 0) is 18.1 Å². The molecule has 1 aromatic carbocycles. The van der Waals surface area contributed by atoms with Gasteiger partial charge in [0.25, 0.3) is 0 Å². The van der Waals surface area contributed by atoms with E-state index in [0.717, 1.165) is 5.56 Å². The number of carboxylic acid groups (broad SMARTS) is 1. The van der Waals surface area contributed by atoms with Crippen molar-refractivity contribution >= 4 is 21.9 Å². The van der Waals surface area contributed by atoms with Gasteiger partial charge in [-0.25, -0.2) is 4.79 Å². The molecule has 0 aliphatic rings. The first-order chi connectivity index (χ1) is 7.56. The molecule has 0 fully saturated rings. The fraction of sp³-hybridized carbons (Fsp3) is 0.273. The van der Waals surface area contributed by atoms with Gasteiger partial charge in [-0.2, -0.15) is 5.26 Å². The second-order valence-corrected chi connectivity index (χ2v) is 4.11. The third-order valence-corrected chi connectivity index (χ3v) is 2.84. The molecule has 1 atom stereocenters. The van der Waals surface area contributed by atoms with Crippen molar-refractivity contribution in [2.75, 3.05) is 0 Å². The van der Waals surface area contributed by atoms with Crippen molar-refractivity contribution in [3.05, 3.63) is 33.8 Å². The molecule has 0 spiro atoms. The summed E-state index contributed by atoms with van der Waals surface area (Å²) < 4.78 is 0.545. The minimum absolute atomic E-state index is 0.308. The van der Waals surface area contributed by atoms with Crippen LogP contribution in [0.25, 0.3) is 0 Å². The fourth-order valence-corrected chi connectivity index (χ4v) is 1.75. The number of aliphatic hydroxyl groups is 1. The smallest absolute Gasteiger partial charge is 0.337 e. The minimum atomic E-state index is -1.54. The van der Waals surface area contributed by atoms with Crippen LogP contribution in [0.15, 0.2) is 22.7 Å². The number of aliphatic hydroxyl groups excluding tert-OH is 1. The topological polar surface area (TPSA) is 81.3 Å². The molecule has 0 radical (unpaired) electrons. The number of hydrogen-bond acceptors (Lipinski definition) is 3. The summed E-state index contributed by atoms with van der Waals surface area (Å²) in [6.45, 7) is 0. The van der Waals surface area contributed by atoms with E-state index in [-0.39, 0.29) is 0 Å². The summed E-state index contributed by atoms with van der Waals surface area (Å²) in [5.74, 6) is -1.29. The molecule has 4 nitrogen and oxygen atoms in total. The maximum atomic E-state index is 10.7. The average Bonchev–Trinajstić information content (AvgIpc) is 2.27. The van der Waals surface area contributed by atoms with E-state index in [9.17, 15) is 9.90 Å². The third-order valence-electron chi connectivity index (χ3n) is 2.11. The highest BCUT2D eigenvalue weighted by atomic mass is 79.9. The highest BCUT2D eigenvalue weighted by Gasteiger charge is 2.18. The lowest BCUT2D eigenvalue weighted by atomic mass is 10.0. The molecule has 1 rings (SSSR count). The Morgan fingerprint density at radius 3 is 2.81 bits per heavy atom. The molecule has 0 aromatic heterocycles. The Hall–Kier alpha value is -1.38. The first-order valence-electron chi connectivity index (χ1n) is 4.62. The van der Waals surface area contributed by atoms with Crippen molar-refractivity contribution in [3.63, 3.8) is 0 Å². The van der Waals surface area contributed by atoms with E-state index in [4.69, 9.17) is 10.4 Å². The minimum Gasteiger partial charge on any atom is -0.479 e. The SMILES string of the molecule is N#CCCc1ccc(Br)c(C(O)C(=O)O)c1. The molecule has 0 saturated heterocycles. The molecule has 16 heavy (non-hydrogen) atoms. The Morgan fingerprint density at radius 1 is 1.56 bits per heavy atom. The van der Waals surface area contributed by atoms with E-state index in [1.54, 1.807) is 18.2 Å². The molecule has 84 valence electrons. The zero-order valence-electron chi connectivity index (χ0n) is 8.35. The van der Waals surface area contributed by atoms with Crippen LogP contribution < -0.4 is 0 Å². The Morgan fingerprint density at radius 2 is 2.25 bits per heavy atom. The highest BCUT2D eigenvalue weighted by molar-refractivity contribution is 9.10. The van der Waals surface area contributed by atoms with Gasteiger partial charge >= 0.3 is 5.97 Å². The summed E-state index contributed by atoms with van der Waals surface area (Å²) in [7, 11) is 0. The number of rotatable bonds is 4. The van der Waals surface area contributed by atoms with E-state index >= 15 is 0 Å². The van der Waals surface area contributed by atoms with Crippen LogP contribution in [0, 0.1) is 11.3 Å². The number of benzene rings is 1. The molecule has 0 aliphatic carbocycles. The Balaban J connectivity index is 2.99. The van der Waals surface area contributed by atoms with E-state index in [1.165, 1.54) is 0 Å². The summed E-state index contributed by atoms with van der Waals surface area (Å²) >= 11 is 3.18. The number of carboxylic acids is 1. The second-order valence-electron chi connectivity index (χ2n) is 3.25. The molecule has 0 amide bonds. The van der Waals surface area contributed by atoms with Gasteiger partial charge in [-0.15, -0.1) is 0 Å². The van der Waals surface area contributed by atoms with E-state index in [2.05, 4.69) is 15.9 Å². The second kappa shape index (κ2) is 5.64. The van der Waals surface area contributed by atoms with Crippen LogP contribution in [0.4, 0.5) is 0 Å². The maximum absolute atomic E-state index is 10.7. The van der Waals surface area contributed by atoms with Crippen molar-refractivity contribution in [3.8, 4) is 6.07 Å². The van der Waals surface area contributed by atoms with Gasteiger partial charge in [0.2, 0.25) is 0 Å². The van der Waals surface area contributed by atoms with Crippen LogP contribution in [0.2, 0.25) is 0 Å². The molecule has 0 saturated carbocycles. The van der Waals surface area contributed by atoms with Crippen molar-refractivity contribution < 1.29 is 15.0 Å². The standard InChI is InChI=1S/C11H10BrNO3/c12-9-4-3-7(2-1-5-13)6-8(9)10(14)11(15)16/h3-4,6,10,14H,1-2H2,(H,15,16). The molecular weight excluding hydrogens is 274 g/mol. The van der Waals surface area contributed by atoms with Crippen LogP contribution in [0.5, 0.6) is 0 Å². The third kappa shape index (κ3) is 3.05. The predicted molar refractivity (Wildman–Crippen MR) is 60.7 cm³/mol. The Bertz CT molecular complexity index is 439. The lowest BCUT2D eigenvalue weighted by Gasteiger charge is -2.10.